The highest BCUT2D eigenvalue weighted by molar-refractivity contribution is 5.53. The van der Waals surface area contributed by atoms with Crippen LogP contribution in [0.5, 0.6) is 0 Å². The lowest BCUT2D eigenvalue weighted by atomic mass is 10.3. The van der Waals surface area contributed by atoms with E-state index in [1.54, 1.807) is 10.9 Å². The number of nitrogens with zero attached hydrogens (tertiary/aromatic N) is 4. The SMILES string of the molecule is Cn1ncc(C#N)c1N1CCNCC1. The van der Waals surface area contributed by atoms with Crippen LogP contribution in [-0.2, 0) is 7.05 Å². The molecule has 0 aromatic carbocycles. The Hall–Kier alpha value is -1.54. The second-order valence-corrected chi connectivity index (χ2v) is 3.35. The molecule has 0 bridgehead atoms. The van der Waals surface area contributed by atoms with E-state index in [9.17, 15) is 0 Å². The summed E-state index contributed by atoms with van der Waals surface area (Å²) in [6.45, 7) is 3.81. The highest BCUT2D eigenvalue weighted by Gasteiger charge is 2.17. The van der Waals surface area contributed by atoms with Crippen LogP contribution in [0.2, 0.25) is 0 Å². The van der Waals surface area contributed by atoms with Gasteiger partial charge < -0.3 is 10.2 Å². The van der Waals surface area contributed by atoms with Crippen LogP contribution in [0.15, 0.2) is 6.20 Å². The topological polar surface area (TPSA) is 56.9 Å². The van der Waals surface area contributed by atoms with Crippen LogP contribution in [-0.4, -0.2) is 36.0 Å². The molecule has 0 spiro atoms. The molecular formula is C9H13N5. The fourth-order valence-corrected chi connectivity index (χ4v) is 1.76. The monoisotopic (exact) mass is 191 g/mol. The number of aromatic nitrogens is 2. The normalized spacial score (nSPS) is 16.7. The summed E-state index contributed by atoms with van der Waals surface area (Å²) >= 11 is 0. The number of rotatable bonds is 1. The number of aryl methyl sites for hydroxylation is 1. The van der Waals surface area contributed by atoms with Crippen molar-refractivity contribution in [3.05, 3.63) is 11.8 Å². The third-order valence-corrected chi connectivity index (χ3v) is 2.44. The quantitative estimate of drug-likeness (QED) is 0.662. The van der Waals surface area contributed by atoms with E-state index in [0.717, 1.165) is 32.0 Å². The molecule has 1 aliphatic heterocycles. The summed E-state index contributed by atoms with van der Waals surface area (Å²) in [6.07, 6.45) is 1.62. The predicted octanol–water partition coefficient (Wildman–Crippen LogP) is -0.299. The molecule has 0 unspecified atom stereocenters. The Kier molecular flexibility index (Phi) is 2.37. The molecule has 1 aromatic heterocycles. The minimum atomic E-state index is 0.661. The van der Waals surface area contributed by atoms with Crippen molar-refractivity contribution < 1.29 is 0 Å². The van der Waals surface area contributed by atoms with Crippen LogP contribution in [0.4, 0.5) is 5.82 Å². The van der Waals surface area contributed by atoms with Crippen LogP contribution >= 0.6 is 0 Å². The Morgan fingerprint density at radius 3 is 2.86 bits per heavy atom. The molecule has 0 amide bonds. The molecule has 0 aliphatic carbocycles. The van der Waals surface area contributed by atoms with E-state index in [1.165, 1.54) is 0 Å². The van der Waals surface area contributed by atoms with Crippen molar-refractivity contribution in [2.75, 3.05) is 31.1 Å². The summed E-state index contributed by atoms with van der Waals surface area (Å²) in [5.41, 5.74) is 0.661. The molecule has 1 aliphatic rings. The number of nitrogens with one attached hydrogen (secondary N) is 1. The van der Waals surface area contributed by atoms with Gasteiger partial charge in [0.25, 0.3) is 0 Å². The molecule has 0 saturated carbocycles. The molecule has 74 valence electrons. The third-order valence-electron chi connectivity index (χ3n) is 2.44. The maximum Gasteiger partial charge on any atom is 0.144 e. The van der Waals surface area contributed by atoms with Gasteiger partial charge in [0.05, 0.1) is 6.20 Å². The molecule has 1 N–H and O–H groups in total. The van der Waals surface area contributed by atoms with E-state index in [0.29, 0.717) is 5.56 Å². The molecular weight excluding hydrogens is 178 g/mol. The number of piperazine rings is 1. The van der Waals surface area contributed by atoms with Crippen molar-refractivity contribution in [1.82, 2.24) is 15.1 Å². The van der Waals surface area contributed by atoms with Gasteiger partial charge in [0.2, 0.25) is 0 Å². The van der Waals surface area contributed by atoms with Crippen molar-refractivity contribution in [2.45, 2.75) is 0 Å². The molecule has 14 heavy (non-hydrogen) atoms. The Morgan fingerprint density at radius 1 is 1.50 bits per heavy atom. The van der Waals surface area contributed by atoms with Crippen LogP contribution < -0.4 is 10.2 Å². The van der Waals surface area contributed by atoms with Gasteiger partial charge in [-0.25, -0.2) is 0 Å². The first-order valence-electron chi connectivity index (χ1n) is 4.70. The lowest BCUT2D eigenvalue weighted by molar-refractivity contribution is 0.572. The second kappa shape index (κ2) is 3.68. The Balaban J connectivity index is 2.29. The maximum atomic E-state index is 8.92. The first-order chi connectivity index (χ1) is 6.83. The van der Waals surface area contributed by atoms with E-state index in [1.807, 2.05) is 7.05 Å². The fourth-order valence-electron chi connectivity index (χ4n) is 1.76. The maximum absolute atomic E-state index is 8.92. The van der Waals surface area contributed by atoms with Crippen molar-refractivity contribution in [3.8, 4) is 6.07 Å². The largest absolute Gasteiger partial charge is 0.353 e. The fraction of sp³-hybridized carbons (Fsp3) is 0.556. The Bertz CT molecular complexity index is 356. The van der Waals surface area contributed by atoms with Gasteiger partial charge in [-0.3, -0.25) is 4.68 Å². The van der Waals surface area contributed by atoms with Crippen LogP contribution in [0.1, 0.15) is 5.56 Å². The van der Waals surface area contributed by atoms with Crippen molar-refractivity contribution >= 4 is 5.82 Å². The van der Waals surface area contributed by atoms with Crippen molar-refractivity contribution in [3.63, 3.8) is 0 Å². The van der Waals surface area contributed by atoms with E-state index in [4.69, 9.17) is 5.26 Å². The summed E-state index contributed by atoms with van der Waals surface area (Å²) in [7, 11) is 1.87. The minimum absolute atomic E-state index is 0.661. The van der Waals surface area contributed by atoms with Crippen LogP contribution in [0.25, 0.3) is 0 Å². The predicted molar refractivity (Wildman–Crippen MR) is 53.0 cm³/mol. The number of anilines is 1. The van der Waals surface area contributed by atoms with Crippen molar-refractivity contribution in [1.29, 1.82) is 5.26 Å². The van der Waals surface area contributed by atoms with Gasteiger partial charge in [-0.1, -0.05) is 0 Å². The average Bonchev–Trinajstić information content (AvgIpc) is 2.61. The molecule has 5 heteroatoms. The van der Waals surface area contributed by atoms with Gasteiger partial charge in [-0.2, -0.15) is 10.4 Å². The summed E-state index contributed by atoms with van der Waals surface area (Å²) in [4.78, 5) is 2.20. The lowest BCUT2D eigenvalue weighted by Gasteiger charge is -2.29. The molecule has 0 radical (unpaired) electrons. The molecule has 0 atom stereocenters. The Morgan fingerprint density at radius 2 is 2.21 bits per heavy atom. The van der Waals surface area contributed by atoms with E-state index >= 15 is 0 Å². The standard InChI is InChI=1S/C9H13N5/c1-13-9(8(6-10)7-12-13)14-4-2-11-3-5-14/h7,11H,2-5H2,1H3. The van der Waals surface area contributed by atoms with Gasteiger partial charge >= 0.3 is 0 Å². The van der Waals surface area contributed by atoms with E-state index in [-0.39, 0.29) is 0 Å². The molecule has 2 rings (SSSR count). The van der Waals surface area contributed by atoms with Gasteiger partial charge in [0, 0.05) is 33.2 Å². The third kappa shape index (κ3) is 1.44. The zero-order chi connectivity index (χ0) is 9.97. The van der Waals surface area contributed by atoms with Gasteiger partial charge in [0.15, 0.2) is 0 Å². The first-order valence-corrected chi connectivity index (χ1v) is 4.70. The van der Waals surface area contributed by atoms with Crippen molar-refractivity contribution in [2.24, 2.45) is 7.05 Å². The van der Waals surface area contributed by atoms with E-state index < -0.39 is 0 Å². The van der Waals surface area contributed by atoms with Crippen LogP contribution in [0, 0.1) is 11.3 Å². The highest BCUT2D eigenvalue weighted by Crippen LogP contribution is 2.18. The molecule has 5 nitrogen and oxygen atoms in total. The van der Waals surface area contributed by atoms with Gasteiger partial charge in [-0.15, -0.1) is 0 Å². The molecule has 1 saturated heterocycles. The van der Waals surface area contributed by atoms with Gasteiger partial charge in [0.1, 0.15) is 17.5 Å². The summed E-state index contributed by atoms with van der Waals surface area (Å²) in [5.74, 6) is 0.939. The van der Waals surface area contributed by atoms with Crippen LogP contribution in [0.3, 0.4) is 0 Å². The zero-order valence-corrected chi connectivity index (χ0v) is 8.19. The number of nitriles is 1. The number of hydrogen-bond donors (Lipinski definition) is 1. The average molecular weight is 191 g/mol. The summed E-state index contributed by atoms with van der Waals surface area (Å²) < 4.78 is 1.77. The second-order valence-electron chi connectivity index (χ2n) is 3.35. The number of hydrogen-bond acceptors (Lipinski definition) is 4. The summed E-state index contributed by atoms with van der Waals surface area (Å²) in [5, 5.41) is 16.3. The first kappa shape index (κ1) is 9.03. The van der Waals surface area contributed by atoms with E-state index in [2.05, 4.69) is 21.4 Å². The molecule has 2 heterocycles. The zero-order valence-electron chi connectivity index (χ0n) is 8.19. The minimum Gasteiger partial charge on any atom is -0.353 e. The molecule has 1 aromatic rings. The lowest BCUT2D eigenvalue weighted by Crippen LogP contribution is -2.44. The van der Waals surface area contributed by atoms with Gasteiger partial charge in [-0.05, 0) is 0 Å². The smallest absolute Gasteiger partial charge is 0.144 e. The summed E-state index contributed by atoms with van der Waals surface area (Å²) in [6, 6.07) is 2.17. The highest BCUT2D eigenvalue weighted by atomic mass is 15.4. The molecule has 1 fully saturated rings. The Labute approximate surface area is 82.9 Å².